The maximum absolute atomic E-state index is 11.8. The molecule has 1 aromatic heterocycles. The minimum Gasteiger partial charge on any atom is -0.431 e. The monoisotopic (exact) mass is 273 g/mol. The van der Waals surface area contributed by atoms with E-state index in [2.05, 4.69) is 4.98 Å². The zero-order chi connectivity index (χ0) is 13.8. The lowest BCUT2D eigenvalue weighted by Gasteiger charge is -2.03. The van der Waals surface area contributed by atoms with Gasteiger partial charge in [0, 0.05) is 5.71 Å². The summed E-state index contributed by atoms with van der Waals surface area (Å²) in [6, 6.07) is 9.15. The second kappa shape index (κ2) is 5.67. The van der Waals surface area contributed by atoms with Crippen LogP contribution in [-0.4, -0.2) is 22.2 Å². The Balaban J connectivity index is 2.04. The number of oxazole rings is 1. The van der Waals surface area contributed by atoms with Crippen LogP contribution in [0.25, 0.3) is 11.1 Å². The van der Waals surface area contributed by atoms with Crippen molar-refractivity contribution in [1.82, 2.24) is 4.98 Å². The first kappa shape index (κ1) is 13.3. The van der Waals surface area contributed by atoms with Gasteiger partial charge >= 0.3 is 0 Å². The molecule has 1 aromatic carbocycles. The molecular formula is C13H11N3O2S. The Bertz CT molecular complexity index is 639. The van der Waals surface area contributed by atoms with Crippen LogP contribution in [-0.2, 0) is 4.79 Å². The molecule has 0 aliphatic carbocycles. The van der Waals surface area contributed by atoms with Crippen molar-refractivity contribution in [2.75, 3.05) is 5.75 Å². The van der Waals surface area contributed by atoms with E-state index in [-0.39, 0.29) is 17.2 Å². The summed E-state index contributed by atoms with van der Waals surface area (Å²) in [5.41, 5.74) is 1.46. The lowest BCUT2D eigenvalue weighted by atomic mass is 10.0. The van der Waals surface area contributed by atoms with Gasteiger partial charge in [-0.05, 0) is 19.1 Å². The first-order valence-electron chi connectivity index (χ1n) is 5.57. The van der Waals surface area contributed by atoms with Gasteiger partial charge in [-0.15, -0.1) is 0 Å². The number of hydrogen-bond donors (Lipinski definition) is 1. The predicted molar refractivity (Wildman–Crippen MR) is 72.2 cm³/mol. The van der Waals surface area contributed by atoms with Gasteiger partial charge in [0.05, 0.1) is 11.8 Å². The highest BCUT2D eigenvalue weighted by molar-refractivity contribution is 7.99. The molecule has 0 amide bonds. The number of aromatic nitrogens is 1. The molecule has 1 unspecified atom stereocenters. The minimum atomic E-state index is -0.975. The number of nitrogens with one attached hydrogen (secondary N) is 1. The molecule has 0 spiro atoms. The number of Topliss-reactive ketones (excluding diaryl/α,β-unsaturated/α-hetero) is 1. The maximum atomic E-state index is 11.8. The van der Waals surface area contributed by atoms with Gasteiger partial charge in [0.15, 0.2) is 11.4 Å². The summed E-state index contributed by atoms with van der Waals surface area (Å²) >= 11 is 1.14. The molecule has 0 saturated heterocycles. The van der Waals surface area contributed by atoms with Crippen molar-refractivity contribution in [2.45, 2.75) is 12.1 Å². The topological polar surface area (TPSA) is 90.7 Å². The quantitative estimate of drug-likeness (QED) is 0.668. The van der Waals surface area contributed by atoms with Crippen molar-refractivity contribution in [2.24, 2.45) is 5.92 Å². The molecule has 0 bridgehead atoms. The van der Waals surface area contributed by atoms with Crippen molar-refractivity contribution in [1.29, 1.82) is 10.7 Å². The molecule has 0 radical (unpaired) electrons. The summed E-state index contributed by atoms with van der Waals surface area (Å²) in [6.07, 6.45) is 0. The zero-order valence-corrected chi connectivity index (χ0v) is 11.0. The van der Waals surface area contributed by atoms with E-state index in [9.17, 15) is 4.79 Å². The van der Waals surface area contributed by atoms with Gasteiger partial charge in [-0.3, -0.25) is 4.79 Å². The third-order valence-electron chi connectivity index (χ3n) is 2.50. The number of carbonyl (C=O) groups excluding carboxylic acids is 1. The molecule has 1 N–H and O–H groups in total. The smallest absolute Gasteiger partial charge is 0.257 e. The predicted octanol–water partition coefficient (Wildman–Crippen LogP) is 2.67. The molecule has 96 valence electrons. The Hall–Kier alpha value is -2.13. The summed E-state index contributed by atoms with van der Waals surface area (Å²) in [7, 11) is 0. The second-order valence-electron chi connectivity index (χ2n) is 3.95. The molecule has 1 atom stereocenters. The van der Waals surface area contributed by atoms with Crippen molar-refractivity contribution < 1.29 is 9.21 Å². The van der Waals surface area contributed by atoms with Crippen molar-refractivity contribution in [3.63, 3.8) is 0 Å². The molecule has 0 saturated carbocycles. The van der Waals surface area contributed by atoms with Crippen LogP contribution in [0.1, 0.15) is 6.92 Å². The molecule has 5 nitrogen and oxygen atoms in total. The van der Waals surface area contributed by atoms with Gasteiger partial charge in [-0.2, -0.15) is 5.26 Å². The van der Waals surface area contributed by atoms with Crippen LogP contribution in [0.3, 0.4) is 0 Å². The summed E-state index contributed by atoms with van der Waals surface area (Å²) in [5.74, 6) is -1.21. The number of benzene rings is 1. The third-order valence-corrected chi connectivity index (χ3v) is 3.35. The van der Waals surface area contributed by atoms with Crippen LogP contribution >= 0.6 is 11.8 Å². The van der Waals surface area contributed by atoms with E-state index in [1.165, 1.54) is 6.92 Å². The molecule has 2 rings (SSSR count). The highest BCUT2D eigenvalue weighted by atomic mass is 32.2. The number of hydrogen-bond acceptors (Lipinski definition) is 6. The lowest BCUT2D eigenvalue weighted by Crippen LogP contribution is -2.21. The summed E-state index contributed by atoms with van der Waals surface area (Å²) in [6.45, 7) is 1.45. The highest BCUT2D eigenvalue weighted by Gasteiger charge is 2.20. The van der Waals surface area contributed by atoms with E-state index in [1.807, 2.05) is 24.3 Å². The first-order valence-corrected chi connectivity index (χ1v) is 6.56. The summed E-state index contributed by atoms with van der Waals surface area (Å²) < 4.78 is 5.46. The van der Waals surface area contributed by atoms with Crippen LogP contribution in [0.4, 0.5) is 0 Å². The maximum Gasteiger partial charge on any atom is 0.257 e. The number of rotatable bonds is 5. The Kier molecular flexibility index (Phi) is 3.97. The fourth-order valence-electron chi connectivity index (χ4n) is 1.54. The number of fused-ring (bicyclic) bond motifs is 1. The van der Waals surface area contributed by atoms with Crippen molar-refractivity contribution in [3.05, 3.63) is 24.3 Å². The zero-order valence-electron chi connectivity index (χ0n) is 10.2. The van der Waals surface area contributed by atoms with Gasteiger partial charge in [0.25, 0.3) is 5.22 Å². The van der Waals surface area contributed by atoms with Gasteiger partial charge in [0.2, 0.25) is 0 Å². The molecule has 0 fully saturated rings. The Labute approximate surface area is 114 Å². The molecule has 19 heavy (non-hydrogen) atoms. The second-order valence-corrected chi connectivity index (χ2v) is 4.87. The summed E-state index contributed by atoms with van der Waals surface area (Å²) in [5, 5.41) is 16.6. The fourth-order valence-corrected chi connectivity index (χ4v) is 2.28. The number of para-hydroxylation sites is 2. The molecule has 0 aliphatic rings. The molecular weight excluding hydrogens is 262 g/mol. The van der Waals surface area contributed by atoms with Crippen LogP contribution in [0.2, 0.25) is 0 Å². The molecule has 6 heteroatoms. The van der Waals surface area contributed by atoms with Crippen LogP contribution in [0, 0.1) is 22.7 Å². The van der Waals surface area contributed by atoms with Crippen LogP contribution < -0.4 is 0 Å². The van der Waals surface area contributed by atoms with Gasteiger partial charge in [-0.25, -0.2) is 4.98 Å². The Morgan fingerprint density at radius 2 is 2.32 bits per heavy atom. The number of nitrogens with zero attached hydrogens (tertiary/aromatic N) is 2. The number of ketones is 1. The van der Waals surface area contributed by atoms with Gasteiger partial charge in [0.1, 0.15) is 11.4 Å². The SMILES string of the molecule is CC(=N)C(C#N)C(=O)CSc1nc2ccccc2o1. The molecule has 0 aliphatic heterocycles. The van der Waals surface area contributed by atoms with E-state index >= 15 is 0 Å². The summed E-state index contributed by atoms with van der Waals surface area (Å²) in [4.78, 5) is 16.0. The third kappa shape index (κ3) is 3.01. The van der Waals surface area contributed by atoms with Crippen molar-refractivity contribution >= 4 is 34.4 Å². The number of thioether (sulfide) groups is 1. The van der Waals surface area contributed by atoms with Crippen molar-refractivity contribution in [3.8, 4) is 6.07 Å². The average molecular weight is 273 g/mol. The molecule has 2 aromatic rings. The van der Waals surface area contributed by atoms with Crippen LogP contribution in [0.15, 0.2) is 33.9 Å². The Morgan fingerprint density at radius 3 is 2.95 bits per heavy atom. The highest BCUT2D eigenvalue weighted by Crippen LogP contribution is 2.23. The van der Waals surface area contributed by atoms with E-state index in [4.69, 9.17) is 15.1 Å². The average Bonchev–Trinajstić information content (AvgIpc) is 2.79. The lowest BCUT2D eigenvalue weighted by molar-refractivity contribution is -0.117. The number of carbonyl (C=O) groups is 1. The van der Waals surface area contributed by atoms with E-state index in [0.29, 0.717) is 10.8 Å². The normalized spacial score (nSPS) is 12.0. The van der Waals surface area contributed by atoms with Gasteiger partial charge < -0.3 is 9.83 Å². The molecule has 1 heterocycles. The fraction of sp³-hybridized carbons (Fsp3) is 0.231. The van der Waals surface area contributed by atoms with E-state index in [0.717, 1.165) is 17.3 Å². The van der Waals surface area contributed by atoms with E-state index < -0.39 is 5.92 Å². The standard InChI is InChI=1S/C13H11N3O2S/c1-8(15)9(6-14)11(17)7-19-13-16-10-4-2-3-5-12(10)18-13/h2-5,9,15H,7H2,1H3. The first-order chi connectivity index (χ1) is 9.11. The number of nitriles is 1. The minimum absolute atomic E-state index is 0.0608. The largest absolute Gasteiger partial charge is 0.431 e. The Morgan fingerprint density at radius 1 is 1.58 bits per heavy atom. The van der Waals surface area contributed by atoms with Crippen LogP contribution in [0.5, 0.6) is 0 Å². The van der Waals surface area contributed by atoms with E-state index in [1.54, 1.807) is 6.07 Å². The van der Waals surface area contributed by atoms with Gasteiger partial charge in [-0.1, -0.05) is 23.9 Å².